The number of carbonyl (C=O) groups is 2. The SMILES string of the molecule is CCCOc1ccc(C2/C(=C(\O)c3ccc(OC)cc3)C(=O)C(=O)N2CCCN2CCOCC2)cc1OCC. The van der Waals surface area contributed by atoms with E-state index < -0.39 is 17.7 Å². The number of ether oxygens (including phenoxy) is 4. The summed E-state index contributed by atoms with van der Waals surface area (Å²) in [5.41, 5.74) is 1.16. The summed E-state index contributed by atoms with van der Waals surface area (Å²) in [4.78, 5) is 30.6. The third-order valence-electron chi connectivity index (χ3n) is 6.93. The molecule has 2 heterocycles. The van der Waals surface area contributed by atoms with Crippen LogP contribution in [0.2, 0.25) is 0 Å². The minimum Gasteiger partial charge on any atom is -0.507 e. The molecule has 0 spiro atoms. The zero-order valence-electron chi connectivity index (χ0n) is 23.0. The number of aliphatic hydroxyl groups is 1. The fourth-order valence-electron chi connectivity index (χ4n) is 4.95. The molecule has 0 radical (unpaired) electrons. The van der Waals surface area contributed by atoms with Gasteiger partial charge in [-0.15, -0.1) is 0 Å². The van der Waals surface area contributed by atoms with Crippen molar-refractivity contribution in [2.75, 3.05) is 59.7 Å². The second-order valence-corrected chi connectivity index (χ2v) is 9.52. The molecule has 0 saturated carbocycles. The van der Waals surface area contributed by atoms with Crippen molar-refractivity contribution in [3.05, 3.63) is 59.2 Å². The number of rotatable bonds is 12. The summed E-state index contributed by atoms with van der Waals surface area (Å²) in [5.74, 6) is 0.204. The largest absolute Gasteiger partial charge is 0.507 e. The maximum atomic E-state index is 13.4. The van der Waals surface area contributed by atoms with Gasteiger partial charge in [0, 0.05) is 31.7 Å². The van der Waals surface area contributed by atoms with Crippen molar-refractivity contribution in [2.24, 2.45) is 0 Å². The number of nitrogens with zero attached hydrogens (tertiary/aromatic N) is 2. The molecule has 0 bridgehead atoms. The predicted octanol–water partition coefficient (Wildman–Crippen LogP) is 4.03. The van der Waals surface area contributed by atoms with E-state index in [9.17, 15) is 14.7 Å². The third kappa shape index (κ3) is 6.54. The lowest BCUT2D eigenvalue weighted by Gasteiger charge is -2.29. The molecular formula is C30H38N2O7. The molecule has 9 heteroatoms. The Morgan fingerprint density at radius 3 is 2.41 bits per heavy atom. The molecular weight excluding hydrogens is 500 g/mol. The maximum absolute atomic E-state index is 13.4. The third-order valence-corrected chi connectivity index (χ3v) is 6.93. The highest BCUT2D eigenvalue weighted by Gasteiger charge is 2.46. The van der Waals surface area contributed by atoms with Crippen LogP contribution in [0.1, 0.15) is 43.9 Å². The van der Waals surface area contributed by atoms with Crippen LogP contribution in [0.25, 0.3) is 5.76 Å². The smallest absolute Gasteiger partial charge is 0.295 e. The predicted molar refractivity (Wildman–Crippen MR) is 147 cm³/mol. The second-order valence-electron chi connectivity index (χ2n) is 9.52. The van der Waals surface area contributed by atoms with Gasteiger partial charge in [0.2, 0.25) is 0 Å². The first-order chi connectivity index (χ1) is 19.0. The van der Waals surface area contributed by atoms with E-state index in [1.165, 1.54) is 0 Å². The highest BCUT2D eigenvalue weighted by atomic mass is 16.5. The zero-order valence-corrected chi connectivity index (χ0v) is 23.0. The van der Waals surface area contributed by atoms with E-state index in [4.69, 9.17) is 18.9 Å². The topological polar surface area (TPSA) is 97.8 Å². The van der Waals surface area contributed by atoms with Gasteiger partial charge < -0.3 is 29.0 Å². The molecule has 210 valence electrons. The van der Waals surface area contributed by atoms with Crippen LogP contribution >= 0.6 is 0 Å². The summed E-state index contributed by atoms with van der Waals surface area (Å²) in [6.07, 6.45) is 1.53. The quantitative estimate of drug-likeness (QED) is 0.246. The van der Waals surface area contributed by atoms with Crippen LogP contribution in [0.4, 0.5) is 0 Å². The molecule has 9 nitrogen and oxygen atoms in total. The fraction of sp³-hybridized carbons (Fsp3) is 0.467. The molecule has 4 rings (SSSR count). The van der Waals surface area contributed by atoms with Crippen LogP contribution in [0, 0.1) is 0 Å². The van der Waals surface area contributed by atoms with E-state index in [-0.39, 0.29) is 11.3 Å². The Balaban J connectivity index is 1.72. The molecule has 1 amide bonds. The molecule has 1 atom stereocenters. The molecule has 2 saturated heterocycles. The van der Waals surface area contributed by atoms with E-state index in [1.807, 2.05) is 19.9 Å². The highest BCUT2D eigenvalue weighted by Crippen LogP contribution is 2.42. The average Bonchev–Trinajstić information content (AvgIpc) is 3.22. The Labute approximate surface area is 229 Å². The summed E-state index contributed by atoms with van der Waals surface area (Å²) in [7, 11) is 1.56. The standard InChI is InChI=1S/C30H38N2O7/c1-4-17-39-24-12-9-22(20-25(24)38-5-2)27-26(28(33)21-7-10-23(36-3)11-8-21)29(34)30(35)32(27)14-6-13-31-15-18-37-19-16-31/h7-12,20,27,33H,4-6,13-19H2,1-3H3/b28-26+. The first kappa shape index (κ1) is 28.4. The van der Waals surface area contributed by atoms with Crippen molar-refractivity contribution in [2.45, 2.75) is 32.7 Å². The lowest BCUT2D eigenvalue weighted by atomic mass is 9.95. The van der Waals surface area contributed by atoms with Crippen molar-refractivity contribution in [3.63, 3.8) is 0 Å². The fourth-order valence-corrected chi connectivity index (χ4v) is 4.95. The summed E-state index contributed by atoms with van der Waals surface area (Å²) >= 11 is 0. The molecule has 1 unspecified atom stereocenters. The van der Waals surface area contributed by atoms with Crippen LogP contribution in [0.3, 0.4) is 0 Å². The Morgan fingerprint density at radius 2 is 1.74 bits per heavy atom. The molecule has 2 aromatic carbocycles. The number of benzene rings is 2. The Bertz CT molecular complexity index is 1170. The number of Topliss-reactive ketones (excluding diaryl/α,β-unsaturated/α-hetero) is 1. The summed E-state index contributed by atoms with van der Waals surface area (Å²) in [6, 6.07) is 11.4. The van der Waals surface area contributed by atoms with Crippen LogP contribution in [0.5, 0.6) is 17.2 Å². The maximum Gasteiger partial charge on any atom is 0.295 e. The Kier molecular flexibility index (Phi) is 9.84. The first-order valence-electron chi connectivity index (χ1n) is 13.6. The number of carbonyl (C=O) groups excluding carboxylic acids is 2. The minimum atomic E-state index is -0.767. The van der Waals surface area contributed by atoms with Gasteiger partial charge in [-0.25, -0.2) is 0 Å². The number of hydrogen-bond donors (Lipinski definition) is 1. The first-order valence-corrected chi connectivity index (χ1v) is 13.6. The van der Waals surface area contributed by atoms with Crippen LogP contribution < -0.4 is 14.2 Å². The summed E-state index contributed by atoms with van der Waals surface area (Å²) < 4.78 is 22.4. The number of methoxy groups -OCH3 is 1. The minimum absolute atomic E-state index is 0.0567. The molecule has 39 heavy (non-hydrogen) atoms. The van der Waals surface area contributed by atoms with E-state index in [1.54, 1.807) is 48.4 Å². The lowest BCUT2D eigenvalue weighted by Crippen LogP contribution is -2.39. The normalized spacial score (nSPS) is 19.4. The number of hydrogen-bond acceptors (Lipinski definition) is 8. The molecule has 2 aliphatic heterocycles. The summed E-state index contributed by atoms with van der Waals surface area (Å²) in [5, 5.41) is 11.4. The highest BCUT2D eigenvalue weighted by molar-refractivity contribution is 6.46. The number of ketones is 1. The van der Waals surface area contributed by atoms with Crippen molar-refractivity contribution in [1.29, 1.82) is 0 Å². The van der Waals surface area contributed by atoms with Crippen LogP contribution in [0.15, 0.2) is 48.0 Å². The van der Waals surface area contributed by atoms with Crippen molar-refractivity contribution < 1.29 is 33.6 Å². The van der Waals surface area contributed by atoms with E-state index in [2.05, 4.69) is 4.90 Å². The number of aliphatic hydroxyl groups excluding tert-OH is 1. The van der Waals surface area contributed by atoms with Gasteiger partial charge in [0.05, 0.1) is 45.2 Å². The van der Waals surface area contributed by atoms with Gasteiger partial charge in [0.1, 0.15) is 11.5 Å². The van der Waals surface area contributed by atoms with Crippen LogP contribution in [-0.2, 0) is 14.3 Å². The average molecular weight is 539 g/mol. The Morgan fingerprint density at radius 1 is 1.00 bits per heavy atom. The van der Waals surface area contributed by atoms with Gasteiger partial charge in [-0.05, 0) is 61.7 Å². The number of morpholine rings is 1. The molecule has 0 aliphatic carbocycles. The van der Waals surface area contributed by atoms with E-state index in [0.29, 0.717) is 67.8 Å². The van der Waals surface area contributed by atoms with Gasteiger partial charge in [0.25, 0.3) is 11.7 Å². The zero-order chi connectivity index (χ0) is 27.8. The van der Waals surface area contributed by atoms with Crippen molar-refractivity contribution in [1.82, 2.24) is 9.80 Å². The molecule has 2 aliphatic rings. The van der Waals surface area contributed by atoms with Gasteiger partial charge in [-0.3, -0.25) is 14.5 Å². The summed E-state index contributed by atoms with van der Waals surface area (Å²) in [6.45, 7) is 9.10. The van der Waals surface area contributed by atoms with Crippen LogP contribution in [-0.4, -0.2) is 86.3 Å². The van der Waals surface area contributed by atoms with Gasteiger partial charge >= 0.3 is 0 Å². The molecule has 2 aromatic rings. The second kappa shape index (κ2) is 13.5. The van der Waals surface area contributed by atoms with Crippen molar-refractivity contribution >= 4 is 17.4 Å². The monoisotopic (exact) mass is 538 g/mol. The van der Waals surface area contributed by atoms with Gasteiger partial charge in [-0.2, -0.15) is 0 Å². The number of amides is 1. The van der Waals surface area contributed by atoms with E-state index in [0.717, 1.165) is 26.1 Å². The molecule has 0 aromatic heterocycles. The molecule has 1 N–H and O–H groups in total. The van der Waals surface area contributed by atoms with Gasteiger partial charge in [-0.1, -0.05) is 13.0 Å². The molecule has 2 fully saturated rings. The number of likely N-dealkylation sites (tertiary alicyclic amines) is 1. The van der Waals surface area contributed by atoms with Gasteiger partial charge in [0.15, 0.2) is 11.5 Å². The Hall–Kier alpha value is -3.56. The van der Waals surface area contributed by atoms with E-state index >= 15 is 0 Å². The lowest BCUT2D eigenvalue weighted by molar-refractivity contribution is -0.140. The van der Waals surface area contributed by atoms with Crippen molar-refractivity contribution in [3.8, 4) is 17.2 Å².